The molecule has 6 heteroatoms. The normalized spacial score (nSPS) is 16.9. The average molecular weight is 411 g/mol. The van der Waals surface area contributed by atoms with E-state index in [4.69, 9.17) is 9.47 Å². The van der Waals surface area contributed by atoms with Gasteiger partial charge < -0.3 is 20.1 Å². The second kappa shape index (κ2) is 10.3. The minimum absolute atomic E-state index is 0.0603. The predicted molar refractivity (Wildman–Crippen MR) is 117 cm³/mol. The summed E-state index contributed by atoms with van der Waals surface area (Å²) in [5.74, 6) is 0.426. The van der Waals surface area contributed by atoms with Gasteiger partial charge in [0, 0.05) is 13.2 Å². The van der Waals surface area contributed by atoms with Gasteiger partial charge in [0.05, 0.1) is 17.4 Å². The van der Waals surface area contributed by atoms with E-state index >= 15 is 0 Å². The topological polar surface area (TPSA) is 76.7 Å². The lowest BCUT2D eigenvalue weighted by Gasteiger charge is -2.19. The Morgan fingerprint density at radius 3 is 2.57 bits per heavy atom. The smallest absolute Gasteiger partial charge is 0.265 e. The van der Waals surface area contributed by atoms with Gasteiger partial charge in [0.15, 0.2) is 6.10 Å². The largest absolute Gasteiger partial charge is 0.481 e. The van der Waals surface area contributed by atoms with Gasteiger partial charge in [-0.05, 0) is 49.4 Å². The van der Waals surface area contributed by atoms with Crippen LogP contribution in [-0.4, -0.2) is 37.2 Å². The van der Waals surface area contributed by atoms with Crippen molar-refractivity contribution in [2.24, 2.45) is 0 Å². The van der Waals surface area contributed by atoms with E-state index in [9.17, 15) is 9.59 Å². The maximum absolute atomic E-state index is 12.8. The van der Waals surface area contributed by atoms with Crippen molar-refractivity contribution in [1.29, 1.82) is 0 Å². The summed E-state index contributed by atoms with van der Waals surface area (Å²) in [4.78, 5) is 25.4. The molecule has 0 unspecified atom stereocenters. The summed E-state index contributed by atoms with van der Waals surface area (Å²) in [6.45, 7) is 7.07. The van der Waals surface area contributed by atoms with E-state index in [1.54, 1.807) is 31.2 Å². The molecule has 2 aromatic rings. The van der Waals surface area contributed by atoms with Gasteiger partial charge >= 0.3 is 0 Å². The summed E-state index contributed by atoms with van der Waals surface area (Å²) in [5, 5.41) is 5.73. The number of hydrogen-bond donors (Lipinski definition) is 2. The highest BCUT2D eigenvalue weighted by Gasteiger charge is 2.21. The number of carbonyl (C=O) groups excluding carboxylic acids is 2. The molecular formula is C24H30N2O4. The van der Waals surface area contributed by atoms with Crippen molar-refractivity contribution < 1.29 is 19.1 Å². The summed E-state index contributed by atoms with van der Waals surface area (Å²) in [6, 6.07) is 14.7. The first kappa shape index (κ1) is 21.8. The number of para-hydroxylation sites is 2. The molecule has 2 N–H and O–H groups in total. The molecule has 0 aromatic heterocycles. The van der Waals surface area contributed by atoms with Crippen LogP contribution >= 0.6 is 0 Å². The third kappa shape index (κ3) is 5.60. The van der Waals surface area contributed by atoms with Crippen LogP contribution in [0, 0.1) is 0 Å². The lowest BCUT2D eigenvalue weighted by molar-refractivity contribution is -0.122. The zero-order chi connectivity index (χ0) is 21.5. The van der Waals surface area contributed by atoms with Gasteiger partial charge in [-0.3, -0.25) is 9.59 Å². The number of benzene rings is 2. The third-order valence-electron chi connectivity index (χ3n) is 5.16. The predicted octanol–water partition coefficient (Wildman–Crippen LogP) is 4.12. The van der Waals surface area contributed by atoms with Gasteiger partial charge in [0.2, 0.25) is 0 Å². The lowest BCUT2D eigenvalue weighted by atomic mass is 10.0. The molecule has 2 aromatic carbocycles. The monoisotopic (exact) mass is 410 g/mol. The van der Waals surface area contributed by atoms with Crippen LogP contribution < -0.4 is 15.4 Å². The quantitative estimate of drug-likeness (QED) is 0.686. The van der Waals surface area contributed by atoms with Crippen molar-refractivity contribution in [3.63, 3.8) is 0 Å². The zero-order valence-electron chi connectivity index (χ0n) is 17.8. The van der Waals surface area contributed by atoms with Crippen molar-refractivity contribution in [2.45, 2.75) is 51.7 Å². The number of hydrogen-bond acceptors (Lipinski definition) is 4. The fraction of sp³-hybridized carbons (Fsp3) is 0.417. The first-order chi connectivity index (χ1) is 14.5. The lowest BCUT2D eigenvalue weighted by Crippen LogP contribution is -2.34. The zero-order valence-corrected chi connectivity index (χ0v) is 17.8. The highest BCUT2D eigenvalue weighted by molar-refractivity contribution is 6.04. The Balaban J connectivity index is 1.64. The van der Waals surface area contributed by atoms with Crippen molar-refractivity contribution in [3.05, 3.63) is 59.7 Å². The Kier molecular flexibility index (Phi) is 7.46. The highest BCUT2D eigenvalue weighted by atomic mass is 16.5. The second-order valence-electron chi connectivity index (χ2n) is 7.83. The van der Waals surface area contributed by atoms with E-state index in [-0.39, 0.29) is 23.8 Å². The number of carbonyl (C=O) groups is 2. The van der Waals surface area contributed by atoms with Crippen molar-refractivity contribution in [2.75, 3.05) is 18.5 Å². The van der Waals surface area contributed by atoms with E-state index < -0.39 is 6.10 Å². The van der Waals surface area contributed by atoms with E-state index in [0.29, 0.717) is 23.5 Å². The summed E-state index contributed by atoms with van der Waals surface area (Å²) in [5.41, 5.74) is 1.92. The first-order valence-corrected chi connectivity index (χ1v) is 10.5. The molecule has 0 saturated carbocycles. The number of rotatable bonds is 8. The number of ether oxygens (including phenoxy) is 2. The molecule has 0 bridgehead atoms. The van der Waals surface area contributed by atoms with Gasteiger partial charge in [-0.2, -0.15) is 0 Å². The molecule has 2 atom stereocenters. The van der Waals surface area contributed by atoms with Crippen molar-refractivity contribution in [3.8, 4) is 5.75 Å². The SMILES string of the molecule is CC(C)c1ccccc1O[C@@H](C)C(=O)Nc1ccccc1C(=O)NC[C@@H]1CCCO1. The Bertz CT molecular complexity index is 875. The second-order valence-corrected chi connectivity index (χ2v) is 7.83. The van der Waals surface area contributed by atoms with Gasteiger partial charge in [-0.1, -0.05) is 44.2 Å². The summed E-state index contributed by atoms with van der Waals surface area (Å²) < 4.78 is 11.5. The fourth-order valence-electron chi connectivity index (χ4n) is 3.44. The van der Waals surface area contributed by atoms with Gasteiger partial charge in [-0.15, -0.1) is 0 Å². The molecule has 1 heterocycles. The van der Waals surface area contributed by atoms with Crippen LogP contribution in [0.1, 0.15) is 55.5 Å². The van der Waals surface area contributed by atoms with E-state index in [2.05, 4.69) is 24.5 Å². The van der Waals surface area contributed by atoms with Gasteiger partial charge in [0.1, 0.15) is 5.75 Å². The summed E-state index contributed by atoms with van der Waals surface area (Å²) in [6.07, 6.45) is 1.31. The van der Waals surface area contributed by atoms with Crippen LogP contribution in [0.4, 0.5) is 5.69 Å². The van der Waals surface area contributed by atoms with Crippen LogP contribution in [0.15, 0.2) is 48.5 Å². The summed E-state index contributed by atoms with van der Waals surface area (Å²) in [7, 11) is 0. The Hall–Kier alpha value is -2.86. The van der Waals surface area contributed by atoms with Gasteiger partial charge in [-0.25, -0.2) is 0 Å². The maximum Gasteiger partial charge on any atom is 0.265 e. The molecule has 1 fully saturated rings. The Morgan fingerprint density at radius 2 is 1.83 bits per heavy atom. The standard InChI is InChI=1S/C24H30N2O4/c1-16(2)19-10-5-7-13-22(19)30-17(3)23(27)26-21-12-6-4-11-20(21)24(28)25-15-18-9-8-14-29-18/h4-7,10-13,16-18H,8-9,14-15H2,1-3H3,(H,25,28)(H,26,27)/t17-,18-/m0/s1. The molecule has 30 heavy (non-hydrogen) atoms. The number of anilines is 1. The minimum Gasteiger partial charge on any atom is -0.481 e. The molecule has 0 radical (unpaired) electrons. The van der Waals surface area contributed by atoms with E-state index in [1.165, 1.54) is 0 Å². The van der Waals surface area contributed by atoms with Crippen molar-refractivity contribution >= 4 is 17.5 Å². The molecule has 1 aliphatic heterocycles. The molecule has 0 spiro atoms. The summed E-state index contributed by atoms with van der Waals surface area (Å²) >= 11 is 0. The molecular weight excluding hydrogens is 380 g/mol. The molecule has 1 aliphatic rings. The molecule has 2 amide bonds. The minimum atomic E-state index is -0.715. The van der Waals surface area contributed by atoms with Crippen LogP contribution in [0.5, 0.6) is 5.75 Å². The number of nitrogens with one attached hydrogen (secondary N) is 2. The van der Waals surface area contributed by atoms with Crippen molar-refractivity contribution in [1.82, 2.24) is 5.32 Å². The molecule has 6 nitrogen and oxygen atoms in total. The van der Waals surface area contributed by atoms with Crippen LogP contribution in [0.2, 0.25) is 0 Å². The highest BCUT2D eigenvalue weighted by Crippen LogP contribution is 2.27. The van der Waals surface area contributed by atoms with Crippen LogP contribution in [-0.2, 0) is 9.53 Å². The van der Waals surface area contributed by atoms with Crippen LogP contribution in [0.3, 0.4) is 0 Å². The molecule has 3 rings (SSSR count). The molecule has 1 saturated heterocycles. The fourth-order valence-corrected chi connectivity index (χ4v) is 3.44. The van der Waals surface area contributed by atoms with Gasteiger partial charge in [0.25, 0.3) is 11.8 Å². The number of amides is 2. The van der Waals surface area contributed by atoms with E-state index in [1.807, 2.05) is 24.3 Å². The maximum atomic E-state index is 12.8. The van der Waals surface area contributed by atoms with Crippen LogP contribution in [0.25, 0.3) is 0 Å². The Morgan fingerprint density at radius 1 is 1.10 bits per heavy atom. The molecule has 160 valence electrons. The Labute approximate surface area is 178 Å². The first-order valence-electron chi connectivity index (χ1n) is 10.5. The molecule has 0 aliphatic carbocycles. The third-order valence-corrected chi connectivity index (χ3v) is 5.16. The average Bonchev–Trinajstić information content (AvgIpc) is 3.26. The van der Waals surface area contributed by atoms with E-state index in [0.717, 1.165) is 25.0 Å².